The van der Waals surface area contributed by atoms with Gasteiger partial charge in [-0.15, -0.1) is 0 Å². The van der Waals surface area contributed by atoms with E-state index in [0.717, 1.165) is 44.6 Å². The van der Waals surface area contributed by atoms with E-state index in [0.29, 0.717) is 5.92 Å². The van der Waals surface area contributed by atoms with Gasteiger partial charge in [-0.25, -0.2) is 0 Å². The van der Waals surface area contributed by atoms with Crippen molar-refractivity contribution in [3.63, 3.8) is 0 Å². The van der Waals surface area contributed by atoms with E-state index < -0.39 is 0 Å². The minimum atomic E-state index is -0.329. The fraction of sp³-hybridized carbons (Fsp3) is 0.379. The van der Waals surface area contributed by atoms with E-state index in [1.54, 1.807) is 0 Å². The summed E-state index contributed by atoms with van der Waals surface area (Å²) < 4.78 is 0. The summed E-state index contributed by atoms with van der Waals surface area (Å²) in [5.74, 6) is 0.378. The molecule has 0 amide bonds. The Kier molecular flexibility index (Phi) is 7.05. The zero-order valence-corrected chi connectivity index (χ0v) is 20.3. The number of rotatable bonds is 7. The summed E-state index contributed by atoms with van der Waals surface area (Å²) in [5, 5.41) is 10.8. The van der Waals surface area contributed by atoms with E-state index in [9.17, 15) is 5.11 Å². The van der Waals surface area contributed by atoms with Crippen molar-refractivity contribution in [3.8, 4) is 0 Å². The Labute approximate surface area is 202 Å². The van der Waals surface area contributed by atoms with Crippen molar-refractivity contribution in [2.75, 3.05) is 31.1 Å². The third kappa shape index (κ3) is 5.13. The summed E-state index contributed by atoms with van der Waals surface area (Å²) in [6.45, 7) is 6.49. The van der Waals surface area contributed by atoms with Crippen molar-refractivity contribution in [2.45, 2.75) is 48.5 Å². The molecule has 5 rings (SSSR count). The van der Waals surface area contributed by atoms with Crippen molar-refractivity contribution >= 4 is 23.1 Å². The lowest BCUT2D eigenvalue weighted by Crippen LogP contribution is -2.36. The highest BCUT2D eigenvalue weighted by Gasteiger charge is 2.26. The number of aryl methyl sites for hydroxylation is 1. The molecule has 0 aliphatic carbocycles. The quantitative estimate of drug-likeness (QED) is 0.393. The van der Waals surface area contributed by atoms with Gasteiger partial charge in [0.2, 0.25) is 0 Å². The lowest BCUT2D eigenvalue weighted by atomic mass is 9.87. The number of hydrogen-bond acceptors (Lipinski definition) is 4. The number of unbranched alkanes of at least 4 members (excludes halogenated alkanes) is 1. The molecule has 0 saturated carbocycles. The smallest absolute Gasteiger partial charge is 0.0819 e. The van der Waals surface area contributed by atoms with Crippen LogP contribution < -0.4 is 4.90 Å². The van der Waals surface area contributed by atoms with Gasteiger partial charge in [0.05, 0.1) is 17.5 Å². The van der Waals surface area contributed by atoms with Crippen LogP contribution in [0, 0.1) is 12.8 Å². The average molecular weight is 459 g/mol. The van der Waals surface area contributed by atoms with E-state index in [1.165, 1.54) is 39.6 Å². The monoisotopic (exact) mass is 458 g/mol. The van der Waals surface area contributed by atoms with Crippen molar-refractivity contribution in [3.05, 3.63) is 83.9 Å². The number of para-hydroxylation sites is 2. The van der Waals surface area contributed by atoms with E-state index in [-0.39, 0.29) is 6.10 Å². The lowest BCUT2D eigenvalue weighted by molar-refractivity contribution is 0.0585. The first-order valence-electron chi connectivity index (χ1n) is 12.3. The first-order valence-corrected chi connectivity index (χ1v) is 13.1. The number of benzene rings is 3. The van der Waals surface area contributed by atoms with Gasteiger partial charge in [0.15, 0.2) is 0 Å². The summed E-state index contributed by atoms with van der Waals surface area (Å²) >= 11 is 1.88. The Bertz CT molecular complexity index is 1010. The third-order valence-corrected chi connectivity index (χ3v) is 8.27. The van der Waals surface area contributed by atoms with Crippen LogP contribution in [0.15, 0.2) is 82.6 Å². The maximum Gasteiger partial charge on any atom is 0.0819 e. The molecule has 2 aliphatic heterocycles. The predicted molar refractivity (Wildman–Crippen MR) is 139 cm³/mol. The Morgan fingerprint density at radius 3 is 2.03 bits per heavy atom. The molecule has 2 aliphatic rings. The Morgan fingerprint density at radius 1 is 0.818 bits per heavy atom. The van der Waals surface area contributed by atoms with Gasteiger partial charge in [-0.05, 0) is 88.0 Å². The Hall–Kier alpha value is -2.27. The molecule has 0 spiro atoms. The SMILES string of the molecule is Cc1ccc(C(O)C2CCN(CCCCN3c4ccccc4Sc4ccccc43)CC2)cc1. The molecular formula is C29H34N2OS. The highest BCUT2D eigenvalue weighted by Crippen LogP contribution is 2.47. The van der Waals surface area contributed by atoms with Crippen molar-refractivity contribution in [2.24, 2.45) is 5.92 Å². The molecule has 0 bridgehead atoms. The maximum absolute atomic E-state index is 10.8. The highest BCUT2D eigenvalue weighted by atomic mass is 32.2. The van der Waals surface area contributed by atoms with Gasteiger partial charge in [0.25, 0.3) is 0 Å². The summed E-state index contributed by atoms with van der Waals surface area (Å²) in [6, 6.07) is 25.9. The number of aliphatic hydroxyl groups excluding tert-OH is 1. The van der Waals surface area contributed by atoms with Gasteiger partial charge in [0.1, 0.15) is 0 Å². The normalized spacial score (nSPS) is 17.5. The average Bonchev–Trinajstić information content (AvgIpc) is 2.86. The lowest BCUT2D eigenvalue weighted by Gasteiger charge is -2.35. The topological polar surface area (TPSA) is 26.7 Å². The minimum absolute atomic E-state index is 0.329. The van der Waals surface area contributed by atoms with Crippen LogP contribution in [0.1, 0.15) is 42.9 Å². The summed E-state index contributed by atoms with van der Waals surface area (Å²) in [7, 11) is 0. The van der Waals surface area contributed by atoms with Crippen LogP contribution in [0.25, 0.3) is 0 Å². The summed E-state index contributed by atoms with van der Waals surface area (Å²) in [4.78, 5) is 7.80. The van der Waals surface area contributed by atoms with Crippen LogP contribution in [0.2, 0.25) is 0 Å². The van der Waals surface area contributed by atoms with Crippen LogP contribution in [0.3, 0.4) is 0 Å². The van der Waals surface area contributed by atoms with E-state index >= 15 is 0 Å². The fourth-order valence-corrected chi connectivity index (χ4v) is 6.25. The molecule has 33 heavy (non-hydrogen) atoms. The van der Waals surface area contributed by atoms with E-state index in [1.807, 2.05) is 11.8 Å². The molecule has 1 unspecified atom stereocenters. The zero-order valence-electron chi connectivity index (χ0n) is 19.5. The second kappa shape index (κ2) is 10.3. The number of hydrogen-bond donors (Lipinski definition) is 1. The first kappa shape index (κ1) is 22.5. The molecule has 4 heteroatoms. The second-order valence-electron chi connectivity index (χ2n) is 9.43. The predicted octanol–water partition coefficient (Wildman–Crippen LogP) is 6.82. The van der Waals surface area contributed by atoms with Crippen LogP contribution in [-0.4, -0.2) is 36.2 Å². The first-order chi connectivity index (χ1) is 16.2. The van der Waals surface area contributed by atoms with Gasteiger partial charge < -0.3 is 14.9 Å². The van der Waals surface area contributed by atoms with Gasteiger partial charge in [-0.3, -0.25) is 0 Å². The second-order valence-corrected chi connectivity index (χ2v) is 10.5. The number of fused-ring (bicyclic) bond motifs is 2. The van der Waals surface area contributed by atoms with Crippen LogP contribution >= 0.6 is 11.8 Å². The standard InChI is InChI=1S/C29H34N2OS/c1-22-12-14-23(15-13-22)29(32)24-16-20-30(21-17-24)18-6-7-19-31-25-8-2-4-10-27(25)33-28-11-5-3-9-26(28)31/h2-5,8-15,24,29,32H,6-7,16-21H2,1H3. The summed E-state index contributed by atoms with van der Waals surface area (Å²) in [6.07, 6.45) is 4.22. The Balaban J connectivity index is 1.11. The van der Waals surface area contributed by atoms with Gasteiger partial charge >= 0.3 is 0 Å². The minimum Gasteiger partial charge on any atom is -0.388 e. The van der Waals surface area contributed by atoms with E-state index in [2.05, 4.69) is 89.5 Å². The van der Waals surface area contributed by atoms with Gasteiger partial charge in [-0.1, -0.05) is 65.9 Å². The van der Waals surface area contributed by atoms with Crippen LogP contribution in [0.5, 0.6) is 0 Å². The largest absolute Gasteiger partial charge is 0.388 e. The van der Waals surface area contributed by atoms with Crippen LogP contribution in [-0.2, 0) is 0 Å². The van der Waals surface area contributed by atoms with Gasteiger partial charge in [0, 0.05) is 16.3 Å². The molecule has 1 fully saturated rings. The maximum atomic E-state index is 10.8. The highest BCUT2D eigenvalue weighted by molar-refractivity contribution is 7.99. The van der Waals surface area contributed by atoms with Crippen molar-refractivity contribution in [1.29, 1.82) is 0 Å². The van der Waals surface area contributed by atoms with Crippen LogP contribution in [0.4, 0.5) is 11.4 Å². The molecule has 0 radical (unpaired) electrons. The fourth-order valence-electron chi connectivity index (χ4n) is 5.16. The third-order valence-electron chi connectivity index (χ3n) is 7.14. The number of piperidine rings is 1. The molecule has 1 saturated heterocycles. The molecule has 2 heterocycles. The molecule has 172 valence electrons. The number of nitrogens with zero attached hydrogens (tertiary/aromatic N) is 2. The molecular weight excluding hydrogens is 424 g/mol. The molecule has 1 N–H and O–H groups in total. The van der Waals surface area contributed by atoms with E-state index in [4.69, 9.17) is 0 Å². The van der Waals surface area contributed by atoms with Crippen molar-refractivity contribution < 1.29 is 5.11 Å². The number of anilines is 2. The summed E-state index contributed by atoms with van der Waals surface area (Å²) in [5.41, 5.74) is 4.99. The number of aliphatic hydroxyl groups is 1. The molecule has 3 aromatic carbocycles. The van der Waals surface area contributed by atoms with Crippen molar-refractivity contribution in [1.82, 2.24) is 4.90 Å². The Morgan fingerprint density at radius 2 is 1.39 bits per heavy atom. The number of likely N-dealkylation sites (tertiary alicyclic amines) is 1. The van der Waals surface area contributed by atoms with Gasteiger partial charge in [-0.2, -0.15) is 0 Å². The molecule has 1 atom stereocenters. The zero-order chi connectivity index (χ0) is 22.6. The molecule has 0 aromatic heterocycles. The molecule has 3 aromatic rings. The molecule has 3 nitrogen and oxygen atoms in total.